The molecule has 1 rings (SSSR count). The number of nitrogens with one attached hydrogen (secondary N) is 1. The minimum absolute atomic E-state index is 0.101. The van der Waals surface area contributed by atoms with Gasteiger partial charge in [0, 0.05) is 13.5 Å². The molecule has 1 N–H and O–H groups in total. The molecule has 1 unspecified atom stereocenters. The van der Waals surface area contributed by atoms with Crippen LogP contribution in [-0.4, -0.2) is 13.0 Å². The van der Waals surface area contributed by atoms with Crippen LogP contribution in [0, 0.1) is 5.92 Å². The van der Waals surface area contributed by atoms with Crippen molar-refractivity contribution in [3.8, 4) is 0 Å². The van der Waals surface area contributed by atoms with Crippen LogP contribution in [0.25, 0.3) is 0 Å². The lowest BCUT2D eigenvalue weighted by Gasteiger charge is -2.12. The monoisotopic (exact) mass is 233 g/mol. The van der Waals surface area contributed by atoms with Gasteiger partial charge in [0.1, 0.15) is 0 Å². The standard InChI is InChI=1S/C15H23NO/c1-11(2)9-13-5-7-14(8-6-13)12(3)10-15(17)16-4/h5-8,11-12H,9-10H2,1-4H3,(H,16,17). The molecule has 0 spiro atoms. The molecular weight excluding hydrogens is 210 g/mol. The smallest absolute Gasteiger partial charge is 0.220 e. The van der Waals surface area contributed by atoms with Crippen LogP contribution in [-0.2, 0) is 11.2 Å². The van der Waals surface area contributed by atoms with E-state index < -0.39 is 0 Å². The minimum Gasteiger partial charge on any atom is -0.359 e. The molecule has 0 aliphatic rings. The van der Waals surface area contributed by atoms with Gasteiger partial charge in [0.25, 0.3) is 0 Å². The van der Waals surface area contributed by atoms with Crippen molar-refractivity contribution in [3.63, 3.8) is 0 Å². The summed E-state index contributed by atoms with van der Waals surface area (Å²) in [7, 11) is 1.68. The Bertz CT molecular complexity index is 354. The van der Waals surface area contributed by atoms with Gasteiger partial charge in [-0.3, -0.25) is 4.79 Å². The molecule has 0 fully saturated rings. The van der Waals surface area contributed by atoms with Crippen LogP contribution >= 0.6 is 0 Å². The lowest BCUT2D eigenvalue weighted by Crippen LogP contribution is -2.19. The number of benzene rings is 1. The number of carbonyl (C=O) groups is 1. The van der Waals surface area contributed by atoms with Gasteiger partial charge in [0.2, 0.25) is 5.91 Å². The van der Waals surface area contributed by atoms with Gasteiger partial charge in [-0.25, -0.2) is 0 Å². The topological polar surface area (TPSA) is 29.1 Å². The van der Waals surface area contributed by atoms with Gasteiger partial charge in [0.15, 0.2) is 0 Å². The predicted octanol–water partition coefficient (Wildman–Crippen LogP) is 3.12. The zero-order valence-corrected chi connectivity index (χ0v) is 11.3. The van der Waals surface area contributed by atoms with E-state index in [1.54, 1.807) is 7.05 Å². The van der Waals surface area contributed by atoms with E-state index in [0.717, 1.165) is 6.42 Å². The molecule has 0 aromatic heterocycles. The van der Waals surface area contributed by atoms with E-state index in [9.17, 15) is 4.79 Å². The van der Waals surface area contributed by atoms with Crippen LogP contribution in [0.15, 0.2) is 24.3 Å². The fraction of sp³-hybridized carbons (Fsp3) is 0.533. The second kappa shape index (κ2) is 6.43. The summed E-state index contributed by atoms with van der Waals surface area (Å²) in [6, 6.07) is 8.64. The molecule has 1 amide bonds. The second-order valence-corrected chi connectivity index (χ2v) is 5.12. The highest BCUT2D eigenvalue weighted by Gasteiger charge is 2.09. The summed E-state index contributed by atoms with van der Waals surface area (Å²) in [6.45, 7) is 6.54. The van der Waals surface area contributed by atoms with E-state index in [2.05, 4.69) is 50.4 Å². The fourth-order valence-electron chi connectivity index (χ4n) is 1.95. The van der Waals surface area contributed by atoms with Gasteiger partial charge in [0.05, 0.1) is 0 Å². The van der Waals surface area contributed by atoms with E-state index in [0.29, 0.717) is 12.3 Å². The Morgan fingerprint density at radius 2 is 1.76 bits per heavy atom. The quantitative estimate of drug-likeness (QED) is 0.831. The Hall–Kier alpha value is -1.31. The third-order valence-corrected chi connectivity index (χ3v) is 2.96. The summed E-state index contributed by atoms with van der Waals surface area (Å²) in [6.07, 6.45) is 1.67. The van der Waals surface area contributed by atoms with Crippen LogP contribution in [0.5, 0.6) is 0 Å². The van der Waals surface area contributed by atoms with Crippen LogP contribution in [0.2, 0.25) is 0 Å². The Labute approximate surface area is 104 Å². The van der Waals surface area contributed by atoms with Gasteiger partial charge in [-0.05, 0) is 29.4 Å². The van der Waals surface area contributed by atoms with E-state index in [1.807, 2.05) is 0 Å². The van der Waals surface area contributed by atoms with Crippen molar-refractivity contribution in [1.82, 2.24) is 5.32 Å². The van der Waals surface area contributed by atoms with Crippen LogP contribution in [0.4, 0.5) is 0 Å². The number of hydrogen-bond donors (Lipinski definition) is 1. The molecule has 1 aromatic carbocycles. The molecule has 0 aliphatic carbocycles. The first kappa shape index (κ1) is 13.8. The molecule has 0 saturated heterocycles. The normalized spacial score (nSPS) is 12.5. The number of rotatable bonds is 5. The molecule has 0 aliphatic heterocycles. The van der Waals surface area contributed by atoms with E-state index in [-0.39, 0.29) is 11.8 Å². The van der Waals surface area contributed by atoms with Gasteiger partial charge in [-0.2, -0.15) is 0 Å². The van der Waals surface area contributed by atoms with Gasteiger partial charge in [-0.1, -0.05) is 45.0 Å². The highest BCUT2D eigenvalue weighted by Crippen LogP contribution is 2.20. The molecule has 1 aromatic rings. The van der Waals surface area contributed by atoms with Crippen molar-refractivity contribution in [3.05, 3.63) is 35.4 Å². The molecule has 2 nitrogen and oxygen atoms in total. The Kier molecular flexibility index (Phi) is 5.20. The minimum atomic E-state index is 0.101. The van der Waals surface area contributed by atoms with E-state index in [1.165, 1.54) is 11.1 Å². The van der Waals surface area contributed by atoms with Crippen LogP contribution in [0.3, 0.4) is 0 Å². The summed E-state index contributed by atoms with van der Waals surface area (Å²) in [5.74, 6) is 1.07. The number of hydrogen-bond acceptors (Lipinski definition) is 1. The SMILES string of the molecule is CNC(=O)CC(C)c1ccc(CC(C)C)cc1. The molecule has 2 heteroatoms. The number of carbonyl (C=O) groups excluding carboxylic acids is 1. The van der Waals surface area contributed by atoms with E-state index in [4.69, 9.17) is 0 Å². The van der Waals surface area contributed by atoms with Crippen molar-refractivity contribution in [2.45, 2.75) is 39.5 Å². The first-order valence-corrected chi connectivity index (χ1v) is 6.32. The van der Waals surface area contributed by atoms with Crippen LogP contribution < -0.4 is 5.32 Å². The lowest BCUT2D eigenvalue weighted by atomic mass is 9.94. The Morgan fingerprint density at radius 3 is 2.24 bits per heavy atom. The molecule has 0 saturated carbocycles. The maximum Gasteiger partial charge on any atom is 0.220 e. The summed E-state index contributed by atoms with van der Waals surface area (Å²) in [5, 5.41) is 2.66. The molecular formula is C15H23NO. The highest BCUT2D eigenvalue weighted by molar-refractivity contribution is 5.76. The third-order valence-electron chi connectivity index (χ3n) is 2.96. The second-order valence-electron chi connectivity index (χ2n) is 5.12. The Morgan fingerprint density at radius 1 is 1.18 bits per heavy atom. The first-order chi connectivity index (χ1) is 8.02. The number of amides is 1. The lowest BCUT2D eigenvalue weighted by molar-refractivity contribution is -0.120. The van der Waals surface area contributed by atoms with Gasteiger partial charge in [-0.15, -0.1) is 0 Å². The zero-order valence-electron chi connectivity index (χ0n) is 11.3. The zero-order chi connectivity index (χ0) is 12.8. The highest BCUT2D eigenvalue weighted by atomic mass is 16.1. The molecule has 94 valence electrons. The predicted molar refractivity (Wildman–Crippen MR) is 72.1 cm³/mol. The van der Waals surface area contributed by atoms with Gasteiger partial charge < -0.3 is 5.32 Å². The van der Waals surface area contributed by atoms with Crippen molar-refractivity contribution in [2.75, 3.05) is 7.05 Å². The Balaban J connectivity index is 2.63. The summed E-state index contributed by atoms with van der Waals surface area (Å²) in [5.41, 5.74) is 2.61. The van der Waals surface area contributed by atoms with Crippen molar-refractivity contribution >= 4 is 5.91 Å². The summed E-state index contributed by atoms with van der Waals surface area (Å²) >= 11 is 0. The third kappa shape index (κ3) is 4.59. The van der Waals surface area contributed by atoms with Crippen molar-refractivity contribution < 1.29 is 4.79 Å². The van der Waals surface area contributed by atoms with Crippen molar-refractivity contribution in [2.24, 2.45) is 5.92 Å². The maximum absolute atomic E-state index is 11.3. The van der Waals surface area contributed by atoms with Crippen LogP contribution in [0.1, 0.15) is 44.2 Å². The molecule has 0 bridgehead atoms. The summed E-state index contributed by atoms with van der Waals surface area (Å²) < 4.78 is 0. The average Bonchev–Trinajstić information content (AvgIpc) is 2.28. The molecule has 17 heavy (non-hydrogen) atoms. The van der Waals surface area contributed by atoms with Crippen molar-refractivity contribution in [1.29, 1.82) is 0 Å². The molecule has 0 heterocycles. The largest absolute Gasteiger partial charge is 0.359 e. The first-order valence-electron chi connectivity index (χ1n) is 6.32. The summed E-state index contributed by atoms with van der Waals surface area (Å²) in [4.78, 5) is 11.3. The maximum atomic E-state index is 11.3. The molecule has 1 atom stereocenters. The average molecular weight is 233 g/mol. The van der Waals surface area contributed by atoms with E-state index >= 15 is 0 Å². The molecule has 0 radical (unpaired) electrons. The van der Waals surface area contributed by atoms with Gasteiger partial charge >= 0.3 is 0 Å². The fourth-order valence-corrected chi connectivity index (χ4v) is 1.95.